The molecule has 1 aliphatic rings. The summed E-state index contributed by atoms with van der Waals surface area (Å²) < 4.78 is 46.2. The molecule has 0 radical (unpaired) electrons. The van der Waals surface area contributed by atoms with E-state index in [4.69, 9.17) is 4.74 Å². The van der Waals surface area contributed by atoms with Crippen LogP contribution in [-0.2, 0) is 11.0 Å². The standard InChI is InChI=1S/C20H20F3N5O2/c1-30-16-6-5-14(12-15(16)20(21,22)23)24-18(29)13-7-10-27(11-8-13)19-26-25-17-4-2-3-9-28(17)19/h2-6,9,12-13H,7-8,10-11H2,1H3,(H,24,29). The minimum Gasteiger partial charge on any atom is -0.496 e. The van der Waals surface area contributed by atoms with E-state index >= 15 is 0 Å². The van der Waals surface area contributed by atoms with Gasteiger partial charge in [-0.15, -0.1) is 10.2 Å². The summed E-state index contributed by atoms with van der Waals surface area (Å²) in [4.78, 5) is 14.7. The molecule has 1 fully saturated rings. The molecule has 0 atom stereocenters. The molecule has 0 spiro atoms. The number of hydrogen-bond acceptors (Lipinski definition) is 5. The van der Waals surface area contributed by atoms with E-state index in [1.165, 1.54) is 19.2 Å². The Morgan fingerprint density at radius 1 is 1.17 bits per heavy atom. The van der Waals surface area contributed by atoms with Crippen LogP contribution >= 0.6 is 0 Å². The van der Waals surface area contributed by atoms with Gasteiger partial charge in [0.25, 0.3) is 0 Å². The van der Waals surface area contributed by atoms with Crippen molar-refractivity contribution in [2.45, 2.75) is 19.0 Å². The molecule has 4 rings (SSSR count). The lowest BCUT2D eigenvalue weighted by atomic mass is 9.96. The van der Waals surface area contributed by atoms with Crippen LogP contribution in [0.5, 0.6) is 5.75 Å². The second kappa shape index (κ2) is 7.85. The second-order valence-corrected chi connectivity index (χ2v) is 7.09. The number of fused-ring (bicyclic) bond motifs is 1. The van der Waals surface area contributed by atoms with Crippen molar-refractivity contribution in [3.8, 4) is 5.75 Å². The third-order valence-corrected chi connectivity index (χ3v) is 5.22. The number of ether oxygens (including phenoxy) is 1. The van der Waals surface area contributed by atoms with Crippen LogP contribution in [0.4, 0.5) is 24.8 Å². The fourth-order valence-corrected chi connectivity index (χ4v) is 3.64. The third-order valence-electron chi connectivity index (χ3n) is 5.22. The highest BCUT2D eigenvalue weighted by Crippen LogP contribution is 2.38. The zero-order valence-corrected chi connectivity index (χ0v) is 16.2. The average Bonchev–Trinajstić information content (AvgIpc) is 3.17. The Balaban J connectivity index is 1.41. The number of carbonyl (C=O) groups is 1. The van der Waals surface area contributed by atoms with Crippen LogP contribution in [-0.4, -0.2) is 40.7 Å². The number of pyridine rings is 1. The highest BCUT2D eigenvalue weighted by atomic mass is 19.4. The number of anilines is 2. The molecule has 1 N–H and O–H groups in total. The van der Waals surface area contributed by atoms with Crippen LogP contribution in [0.1, 0.15) is 18.4 Å². The van der Waals surface area contributed by atoms with E-state index in [0.717, 1.165) is 17.7 Å². The molecule has 1 aromatic carbocycles. The normalized spacial score (nSPS) is 15.4. The lowest BCUT2D eigenvalue weighted by Gasteiger charge is -2.31. The van der Waals surface area contributed by atoms with Gasteiger partial charge in [-0.3, -0.25) is 9.20 Å². The second-order valence-electron chi connectivity index (χ2n) is 7.09. The van der Waals surface area contributed by atoms with Gasteiger partial charge in [0.15, 0.2) is 5.65 Å². The van der Waals surface area contributed by atoms with Gasteiger partial charge in [0.05, 0.1) is 12.7 Å². The molecule has 3 aromatic rings. The van der Waals surface area contributed by atoms with Crippen molar-refractivity contribution >= 4 is 23.2 Å². The van der Waals surface area contributed by atoms with E-state index in [1.54, 1.807) is 0 Å². The number of benzene rings is 1. The van der Waals surface area contributed by atoms with Gasteiger partial charge in [0.1, 0.15) is 5.75 Å². The van der Waals surface area contributed by atoms with Gasteiger partial charge in [0.2, 0.25) is 11.9 Å². The van der Waals surface area contributed by atoms with Gasteiger partial charge in [-0.2, -0.15) is 13.2 Å². The lowest BCUT2D eigenvalue weighted by Crippen LogP contribution is -2.39. The first kappa shape index (κ1) is 20.0. The molecule has 0 aliphatic carbocycles. The molecule has 158 valence electrons. The van der Waals surface area contributed by atoms with Crippen molar-refractivity contribution in [3.05, 3.63) is 48.2 Å². The van der Waals surface area contributed by atoms with Crippen LogP contribution in [0.25, 0.3) is 5.65 Å². The summed E-state index contributed by atoms with van der Waals surface area (Å²) in [5, 5.41) is 11.0. The minimum absolute atomic E-state index is 0.0963. The average molecular weight is 419 g/mol. The third kappa shape index (κ3) is 3.89. The number of alkyl halides is 3. The maximum absolute atomic E-state index is 13.2. The van der Waals surface area contributed by atoms with Gasteiger partial charge >= 0.3 is 6.18 Å². The quantitative estimate of drug-likeness (QED) is 0.700. The Morgan fingerprint density at radius 3 is 2.63 bits per heavy atom. The Labute approximate surface area is 170 Å². The van der Waals surface area contributed by atoms with Crippen molar-refractivity contribution in [2.24, 2.45) is 5.92 Å². The topological polar surface area (TPSA) is 71.8 Å². The van der Waals surface area contributed by atoms with Crippen molar-refractivity contribution in [1.82, 2.24) is 14.6 Å². The number of carbonyl (C=O) groups excluding carboxylic acids is 1. The summed E-state index contributed by atoms with van der Waals surface area (Å²) >= 11 is 0. The number of nitrogens with one attached hydrogen (secondary N) is 1. The summed E-state index contributed by atoms with van der Waals surface area (Å²) in [7, 11) is 1.18. The fourth-order valence-electron chi connectivity index (χ4n) is 3.64. The lowest BCUT2D eigenvalue weighted by molar-refractivity contribution is -0.138. The summed E-state index contributed by atoms with van der Waals surface area (Å²) in [6, 6.07) is 9.15. The van der Waals surface area contributed by atoms with Gasteiger partial charge in [-0.25, -0.2) is 0 Å². The van der Waals surface area contributed by atoms with Crippen molar-refractivity contribution in [3.63, 3.8) is 0 Å². The summed E-state index contributed by atoms with van der Waals surface area (Å²) in [5.74, 6) is -0.153. The Bertz CT molecular complexity index is 1060. The maximum atomic E-state index is 13.2. The monoisotopic (exact) mass is 419 g/mol. The molecule has 30 heavy (non-hydrogen) atoms. The molecule has 7 nitrogen and oxygen atoms in total. The number of halogens is 3. The van der Waals surface area contributed by atoms with E-state index in [-0.39, 0.29) is 23.3 Å². The first-order valence-electron chi connectivity index (χ1n) is 9.47. The molecule has 1 aliphatic heterocycles. The summed E-state index contributed by atoms with van der Waals surface area (Å²) in [6.07, 6.45) is -1.56. The van der Waals surface area contributed by atoms with Gasteiger partial charge < -0.3 is 15.0 Å². The van der Waals surface area contributed by atoms with Crippen LogP contribution in [0, 0.1) is 5.92 Å². The minimum atomic E-state index is -4.57. The number of piperidine rings is 1. The highest BCUT2D eigenvalue weighted by Gasteiger charge is 2.35. The van der Waals surface area contributed by atoms with Crippen LogP contribution in [0.2, 0.25) is 0 Å². The molecule has 0 saturated carbocycles. The van der Waals surface area contributed by atoms with Crippen LogP contribution in [0.15, 0.2) is 42.6 Å². The first-order chi connectivity index (χ1) is 14.4. The number of rotatable bonds is 4. The SMILES string of the molecule is COc1ccc(NC(=O)C2CCN(c3nnc4ccccn34)CC2)cc1C(F)(F)F. The number of amides is 1. The van der Waals surface area contributed by atoms with Crippen LogP contribution < -0.4 is 15.0 Å². The Morgan fingerprint density at radius 2 is 1.93 bits per heavy atom. The molecule has 1 amide bonds. The first-order valence-corrected chi connectivity index (χ1v) is 9.47. The van der Waals surface area contributed by atoms with E-state index in [9.17, 15) is 18.0 Å². The largest absolute Gasteiger partial charge is 0.496 e. The predicted molar refractivity (Wildman–Crippen MR) is 105 cm³/mol. The van der Waals surface area contributed by atoms with Gasteiger partial charge in [-0.1, -0.05) is 6.07 Å². The number of methoxy groups -OCH3 is 1. The van der Waals surface area contributed by atoms with Crippen molar-refractivity contribution in [1.29, 1.82) is 0 Å². The molecule has 2 aromatic heterocycles. The Kier molecular flexibility index (Phi) is 5.23. The number of nitrogens with zero attached hydrogens (tertiary/aromatic N) is 4. The van der Waals surface area contributed by atoms with E-state index < -0.39 is 11.7 Å². The number of hydrogen-bond donors (Lipinski definition) is 1. The van der Waals surface area contributed by atoms with Crippen molar-refractivity contribution < 1.29 is 22.7 Å². The zero-order chi connectivity index (χ0) is 21.3. The molecular formula is C20H20F3N5O2. The van der Waals surface area contributed by atoms with E-state index in [0.29, 0.717) is 25.9 Å². The van der Waals surface area contributed by atoms with E-state index in [2.05, 4.69) is 20.4 Å². The maximum Gasteiger partial charge on any atom is 0.420 e. The molecule has 10 heteroatoms. The summed E-state index contributed by atoms with van der Waals surface area (Å²) in [5.41, 5.74) is -0.0809. The fraction of sp³-hybridized carbons (Fsp3) is 0.350. The van der Waals surface area contributed by atoms with Gasteiger partial charge in [-0.05, 0) is 43.2 Å². The molecular weight excluding hydrogens is 399 g/mol. The zero-order valence-electron chi connectivity index (χ0n) is 16.2. The highest BCUT2D eigenvalue weighted by molar-refractivity contribution is 5.93. The molecule has 0 unspecified atom stereocenters. The smallest absolute Gasteiger partial charge is 0.420 e. The molecule has 1 saturated heterocycles. The van der Waals surface area contributed by atoms with Crippen molar-refractivity contribution in [2.75, 3.05) is 30.4 Å². The van der Waals surface area contributed by atoms with Crippen LogP contribution in [0.3, 0.4) is 0 Å². The Hall–Kier alpha value is -3.30. The molecule has 3 heterocycles. The molecule has 0 bridgehead atoms. The van der Waals surface area contributed by atoms with Gasteiger partial charge in [0, 0.05) is 30.9 Å². The number of aromatic nitrogens is 3. The predicted octanol–water partition coefficient (Wildman–Crippen LogP) is 3.61. The van der Waals surface area contributed by atoms with E-state index in [1.807, 2.05) is 28.8 Å². The summed E-state index contributed by atoms with van der Waals surface area (Å²) in [6.45, 7) is 1.20.